The number of carbonyl (C=O) groups excluding carboxylic acids is 2. The number of hydrazone groups is 1. The summed E-state index contributed by atoms with van der Waals surface area (Å²) in [5, 5.41) is 7.14. The van der Waals surface area contributed by atoms with Crippen LogP contribution in [0.1, 0.15) is 59.7 Å². The molecule has 0 unspecified atom stereocenters. The molecule has 0 bridgehead atoms. The van der Waals surface area contributed by atoms with E-state index in [4.69, 9.17) is 9.15 Å². The standard InChI is InChI=1S/C21H25N3O4/c1-4-14-9-6-7-10-15(14)22-20(25)19-13(3)18-16(11-8-12-17(18)28-19)23-24-21(26)27-5-2/h6-7,9-10H,4-5,8,11-12H2,1-3H3,(H,22,25)(H,24,26)/b23-16+. The van der Waals surface area contributed by atoms with Gasteiger partial charge < -0.3 is 14.5 Å². The number of ether oxygens (including phenoxy) is 1. The highest BCUT2D eigenvalue weighted by Crippen LogP contribution is 2.30. The summed E-state index contributed by atoms with van der Waals surface area (Å²) >= 11 is 0. The first-order valence-electron chi connectivity index (χ1n) is 9.56. The van der Waals surface area contributed by atoms with Crippen molar-refractivity contribution in [1.29, 1.82) is 0 Å². The summed E-state index contributed by atoms with van der Waals surface area (Å²) in [5.41, 5.74) is 6.47. The van der Waals surface area contributed by atoms with Crippen LogP contribution >= 0.6 is 0 Å². The van der Waals surface area contributed by atoms with Gasteiger partial charge in [-0.15, -0.1) is 0 Å². The van der Waals surface area contributed by atoms with Crippen molar-refractivity contribution in [2.24, 2.45) is 5.10 Å². The third kappa shape index (κ3) is 4.08. The zero-order chi connectivity index (χ0) is 20.1. The van der Waals surface area contributed by atoms with Crippen molar-refractivity contribution in [2.45, 2.75) is 46.5 Å². The lowest BCUT2D eigenvalue weighted by molar-refractivity contribution is 0.0994. The zero-order valence-electron chi connectivity index (χ0n) is 16.4. The smallest absolute Gasteiger partial charge is 0.427 e. The Morgan fingerprint density at radius 2 is 2.00 bits per heavy atom. The summed E-state index contributed by atoms with van der Waals surface area (Å²) in [5.74, 6) is 0.717. The number of nitrogens with zero attached hydrogens (tertiary/aromatic N) is 1. The number of benzene rings is 1. The summed E-state index contributed by atoms with van der Waals surface area (Å²) in [4.78, 5) is 24.4. The molecule has 7 heteroatoms. The molecule has 1 aromatic carbocycles. The number of fused-ring (bicyclic) bond motifs is 1. The fourth-order valence-electron chi connectivity index (χ4n) is 3.40. The molecule has 7 nitrogen and oxygen atoms in total. The highest BCUT2D eigenvalue weighted by Gasteiger charge is 2.28. The maximum absolute atomic E-state index is 12.8. The van der Waals surface area contributed by atoms with Gasteiger partial charge in [-0.25, -0.2) is 10.2 Å². The predicted octanol–water partition coefficient (Wildman–Crippen LogP) is 4.19. The van der Waals surface area contributed by atoms with Crippen LogP contribution in [0.4, 0.5) is 10.5 Å². The van der Waals surface area contributed by atoms with E-state index in [-0.39, 0.29) is 18.3 Å². The highest BCUT2D eigenvalue weighted by atomic mass is 16.5. The molecule has 3 rings (SSSR count). The molecule has 2 aromatic rings. The van der Waals surface area contributed by atoms with Gasteiger partial charge in [0.25, 0.3) is 5.91 Å². The number of carbonyl (C=O) groups is 2. The Morgan fingerprint density at radius 3 is 2.75 bits per heavy atom. The second-order valence-corrected chi connectivity index (χ2v) is 6.56. The number of rotatable bonds is 5. The van der Waals surface area contributed by atoms with Crippen LogP contribution in [-0.2, 0) is 17.6 Å². The van der Waals surface area contributed by atoms with E-state index < -0.39 is 6.09 Å². The van der Waals surface area contributed by atoms with Crippen LogP contribution in [0.2, 0.25) is 0 Å². The maximum Gasteiger partial charge on any atom is 0.427 e. The number of anilines is 1. The third-order valence-corrected chi connectivity index (χ3v) is 4.74. The average Bonchev–Trinajstić information content (AvgIpc) is 3.04. The van der Waals surface area contributed by atoms with Gasteiger partial charge in [-0.3, -0.25) is 4.79 Å². The van der Waals surface area contributed by atoms with Crippen molar-refractivity contribution < 1.29 is 18.7 Å². The van der Waals surface area contributed by atoms with Gasteiger partial charge in [0.15, 0.2) is 5.76 Å². The van der Waals surface area contributed by atoms with Crippen LogP contribution in [0.3, 0.4) is 0 Å². The Bertz CT molecular complexity index is 914. The van der Waals surface area contributed by atoms with E-state index in [1.54, 1.807) is 6.92 Å². The molecule has 1 aromatic heterocycles. The zero-order valence-corrected chi connectivity index (χ0v) is 16.4. The first kappa shape index (κ1) is 19.7. The van der Waals surface area contributed by atoms with Crippen LogP contribution in [0.5, 0.6) is 0 Å². The van der Waals surface area contributed by atoms with E-state index in [2.05, 4.69) is 15.8 Å². The van der Waals surface area contributed by atoms with Crippen molar-refractivity contribution in [2.75, 3.05) is 11.9 Å². The fourth-order valence-corrected chi connectivity index (χ4v) is 3.40. The van der Waals surface area contributed by atoms with Gasteiger partial charge >= 0.3 is 6.09 Å². The quantitative estimate of drug-likeness (QED) is 0.757. The van der Waals surface area contributed by atoms with E-state index in [0.29, 0.717) is 12.1 Å². The lowest BCUT2D eigenvalue weighted by Gasteiger charge is -2.13. The normalized spacial score (nSPS) is 14.5. The Labute approximate surface area is 164 Å². The van der Waals surface area contributed by atoms with Crippen molar-refractivity contribution in [3.05, 3.63) is 52.5 Å². The van der Waals surface area contributed by atoms with Crippen molar-refractivity contribution >= 4 is 23.4 Å². The molecule has 0 atom stereocenters. The van der Waals surface area contributed by atoms with Gasteiger partial charge in [-0.2, -0.15) is 5.10 Å². The summed E-state index contributed by atoms with van der Waals surface area (Å²) in [6.45, 7) is 5.89. The van der Waals surface area contributed by atoms with E-state index in [1.807, 2.05) is 38.1 Å². The van der Waals surface area contributed by atoms with Crippen molar-refractivity contribution in [3.8, 4) is 0 Å². The van der Waals surface area contributed by atoms with Crippen LogP contribution in [0.25, 0.3) is 0 Å². The van der Waals surface area contributed by atoms with Gasteiger partial charge in [0.2, 0.25) is 0 Å². The average molecular weight is 383 g/mol. The predicted molar refractivity (Wildman–Crippen MR) is 107 cm³/mol. The molecule has 1 heterocycles. The molecule has 0 spiro atoms. The number of nitrogens with one attached hydrogen (secondary N) is 2. The second-order valence-electron chi connectivity index (χ2n) is 6.56. The molecular weight excluding hydrogens is 358 g/mol. The van der Waals surface area contributed by atoms with Crippen molar-refractivity contribution in [3.63, 3.8) is 0 Å². The number of furan rings is 1. The van der Waals surface area contributed by atoms with Crippen LogP contribution in [0.15, 0.2) is 33.8 Å². The molecule has 2 amide bonds. The molecule has 28 heavy (non-hydrogen) atoms. The van der Waals surface area contributed by atoms with E-state index in [1.165, 1.54) is 0 Å². The van der Waals surface area contributed by atoms with E-state index in [0.717, 1.165) is 47.4 Å². The van der Waals surface area contributed by atoms with E-state index >= 15 is 0 Å². The number of amides is 2. The molecule has 1 aliphatic carbocycles. The molecule has 2 N–H and O–H groups in total. The molecule has 148 valence electrons. The summed E-state index contributed by atoms with van der Waals surface area (Å²) in [6, 6.07) is 7.71. The summed E-state index contributed by atoms with van der Waals surface area (Å²) in [6.07, 6.45) is 2.48. The summed E-state index contributed by atoms with van der Waals surface area (Å²) < 4.78 is 10.7. The summed E-state index contributed by atoms with van der Waals surface area (Å²) in [7, 11) is 0. The van der Waals surface area contributed by atoms with Crippen molar-refractivity contribution in [1.82, 2.24) is 5.43 Å². The number of hydrogen-bond donors (Lipinski definition) is 2. The van der Waals surface area contributed by atoms with Crippen LogP contribution < -0.4 is 10.7 Å². The topological polar surface area (TPSA) is 92.9 Å². The van der Waals surface area contributed by atoms with Crippen LogP contribution in [0, 0.1) is 6.92 Å². The minimum absolute atomic E-state index is 0.274. The fraction of sp³-hybridized carbons (Fsp3) is 0.381. The molecule has 0 radical (unpaired) electrons. The largest absolute Gasteiger partial charge is 0.455 e. The SMILES string of the molecule is CCOC(=O)N/N=C1\CCCc2oc(C(=O)Nc3ccccc3CC)c(C)c21. The van der Waals surface area contributed by atoms with Gasteiger partial charge in [-0.05, 0) is 44.7 Å². The number of para-hydroxylation sites is 1. The van der Waals surface area contributed by atoms with Crippen LogP contribution in [-0.4, -0.2) is 24.3 Å². The Kier molecular flexibility index (Phi) is 6.13. The molecule has 0 saturated carbocycles. The molecule has 1 aliphatic rings. The Balaban J connectivity index is 1.86. The molecule has 0 saturated heterocycles. The maximum atomic E-state index is 12.8. The van der Waals surface area contributed by atoms with Gasteiger partial charge in [-0.1, -0.05) is 25.1 Å². The Hall–Kier alpha value is -3.09. The van der Waals surface area contributed by atoms with Gasteiger partial charge in [0, 0.05) is 23.2 Å². The number of hydrogen-bond acceptors (Lipinski definition) is 5. The highest BCUT2D eigenvalue weighted by molar-refractivity contribution is 6.09. The van der Waals surface area contributed by atoms with Gasteiger partial charge in [0.1, 0.15) is 5.76 Å². The molecule has 0 aliphatic heterocycles. The molecule has 0 fully saturated rings. The van der Waals surface area contributed by atoms with E-state index in [9.17, 15) is 9.59 Å². The number of aryl methyl sites for hydroxylation is 2. The minimum Gasteiger partial charge on any atom is -0.455 e. The first-order valence-corrected chi connectivity index (χ1v) is 9.56. The minimum atomic E-state index is -0.600. The monoisotopic (exact) mass is 383 g/mol. The lowest BCUT2D eigenvalue weighted by Crippen LogP contribution is -2.22. The van der Waals surface area contributed by atoms with Gasteiger partial charge in [0.05, 0.1) is 12.3 Å². The first-order chi connectivity index (χ1) is 13.5. The third-order valence-electron chi connectivity index (χ3n) is 4.74. The Morgan fingerprint density at radius 1 is 1.21 bits per heavy atom. The molecular formula is C21H25N3O4. The second kappa shape index (κ2) is 8.73. The lowest BCUT2D eigenvalue weighted by atomic mass is 9.93.